The van der Waals surface area contributed by atoms with E-state index in [4.69, 9.17) is 11.6 Å². The highest BCUT2D eigenvalue weighted by atomic mass is 35.5. The van der Waals surface area contributed by atoms with Gasteiger partial charge in [-0.2, -0.15) is 0 Å². The Morgan fingerprint density at radius 1 is 1.47 bits per heavy atom. The number of hydrogen-bond acceptors (Lipinski definition) is 4. The first-order valence-corrected chi connectivity index (χ1v) is 7.71. The summed E-state index contributed by atoms with van der Waals surface area (Å²) in [6.45, 7) is 5.07. The highest BCUT2D eigenvalue weighted by Gasteiger charge is 2.17. The molecule has 0 bridgehead atoms. The van der Waals surface area contributed by atoms with Gasteiger partial charge in [0.25, 0.3) is 0 Å². The monoisotopic (exact) mass is 286 g/mol. The first kappa shape index (κ1) is 13.0. The summed E-state index contributed by atoms with van der Waals surface area (Å²) < 4.78 is 0. The number of nitrogens with zero attached hydrogens (tertiary/aromatic N) is 1. The highest BCUT2D eigenvalue weighted by molar-refractivity contribution is 7.10. The molecule has 0 aliphatic carbocycles. The van der Waals surface area contributed by atoms with Crippen LogP contribution in [0.25, 0.3) is 0 Å². The second kappa shape index (κ2) is 5.96. The molecule has 0 aliphatic heterocycles. The van der Waals surface area contributed by atoms with Crippen LogP contribution in [0.4, 0.5) is 0 Å². The number of likely N-dealkylation sites (N-methyl/N-ethyl adjacent to an activating group) is 1. The Kier molecular flexibility index (Phi) is 4.56. The third kappa shape index (κ3) is 3.28. The SMILES string of the molecule is CCNC(Cc1nc(C)cs1)c1sccc1Cl. The molecule has 0 aromatic carbocycles. The number of hydrogen-bond donors (Lipinski definition) is 1. The fraction of sp³-hybridized carbons (Fsp3) is 0.417. The molecule has 0 amide bonds. The van der Waals surface area contributed by atoms with Crippen LogP contribution in [0.1, 0.15) is 28.5 Å². The lowest BCUT2D eigenvalue weighted by molar-refractivity contribution is 0.557. The molecular formula is C12H15ClN2S2. The zero-order valence-corrected chi connectivity index (χ0v) is 12.3. The van der Waals surface area contributed by atoms with Crippen LogP contribution in [0.5, 0.6) is 0 Å². The minimum atomic E-state index is 0.276. The molecule has 2 aromatic heterocycles. The number of thiazole rings is 1. The normalized spacial score (nSPS) is 12.9. The molecule has 0 aliphatic rings. The topological polar surface area (TPSA) is 24.9 Å². The maximum Gasteiger partial charge on any atom is 0.0947 e. The fourth-order valence-corrected chi connectivity index (χ4v) is 3.81. The van der Waals surface area contributed by atoms with Crippen LogP contribution >= 0.6 is 34.3 Å². The summed E-state index contributed by atoms with van der Waals surface area (Å²) in [5.74, 6) is 0. The Balaban J connectivity index is 2.15. The number of rotatable bonds is 5. The molecule has 0 fully saturated rings. The number of aromatic nitrogens is 1. The van der Waals surface area contributed by atoms with Gasteiger partial charge in [-0.1, -0.05) is 18.5 Å². The van der Waals surface area contributed by atoms with Gasteiger partial charge in [-0.3, -0.25) is 0 Å². The van der Waals surface area contributed by atoms with E-state index in [1.54, 1.807) is 22.7 Å². The summed E-state index contributed by atoms with van der Waals surface area (Å²) >= 11 is 9.62. The largest absolute Gasteiger partial charge is 0.309 e. The molecule has 0 spiro atoms. The minimum Gasteiger partial charge on any atom is -0.309 e. The second-order valence-electron chi connectivity index (χ2n) is 3.83. The highest BCUT2D eigenvalue weighted by Crippen LogP contribution is 2.31. The van der Waals surface area contributed by atoms with Crippen molar-refractivity contribution in [2.24, 2.45) is 0 Å². The molecule has 0 saturated carbocycles. The van der Waals surface area contributed by atoms with Crippen LogP contribution in [0.2, 0.25) is 5.02 Å². The van der Waals surface area contributed by atoms with E-state index in [0.717, 1.165) is 28.7 Å². The van der Waals surface area contributed by atoms with Crippen LogP contribution in [-0.2, 0) is 6.42 Å². The maximum atomic E-state index is 6.20. The Morgan fingerprint density at radius 3 is 2.82 bits per heavy atom. The first-order chi connectivity index (χ1) is 8.20. The number of nitrogens with one attached hydrogen (secondary N) is 1. The third-order valence-electron chi connectivity index (χ3n) is 2.46. The van der Waals surface area contributed by atoms with E-state index in [1.807, 2.05) is 18.4 Å². The average Bonchev–Trinajstić information content (AvgIpc) is 2.87. The summed E-state index contributed by atoms with van der Waals surface area (Å²) in [6.07, 6.45) is 0.909. The summed E-state index contributed by atoms with van der Waals surface area (Å²) in [5, 5.41) is 9.63. The van der Waals surface area contributed by atoms with Crippen molar-refractivity contribution in [2.45, 2.75) is 26.3 Å². The van der Waals surface area contributed by atoms with Gasteiger partial charge < -0.3 is 5.32 Å². The summed E-state index contributed by atoms with van der Waals surface area (Å²) in [5.41, 5.74) is 1.09. The average molecular weight is 287 g/mol. The minimum absolute atomic E-state index is 0.276. The van der Waals surface area contributed by atoms with E-state index >= 15 is 0 Å². The molecule has 2 heterocycles. The van der Waals surface area contributed by atoms with Gasteiger partial charge in [0.2, 0.25) is 0 Å². The van der Waals surface area contributed by atoms with E-state index in [-0.39, 0.29) is 6.04 Å². The van der Waals surface area contributed by atoms with Crippen molar-refractivity contribution in [2.75, 3.05) is 6.54 Å². The van der Waals surface area contributed by atoms with Crippen molar-refractivity contribution >= 4 is 34.3 Å². The van der Waals surface area contributed by atoms with Crippen LogP contribution in [0.15, 0.2) is 16.8 Å². The van der Waals surface area contributed by atoms with Crippen LogP contribution in [0.3, 0.4) is 0 Å². The molecule has 5 heteroatoms. The molecule has 0 saturated heterocycles. The Hall–Kier alpha value is -0.420. The van der Waals surface area contributed by atoms with Gasteiger partial charge in [0, 0.05) is 28.4 Å². The van der Waals surface area contributed by atoms with Crippen LogP contribution in [0, 0.1) is 6.92 Å². The van der Waals surface area contributed by atoms with Gasteiger partial charge in [0.05, 0.1) is 10.0 Å². The van der Waals surface area contributed by atoms with E-state index in [0.29, 0.717) is 0 Å². The van der Waals surface area contributed by atoms with Crippen molar-refractivity contribution in [3.05, 3.63) is 37.4 Å². The molecule has 0 radical (unpaired) electrons. The summed E-state index contributed by atoms with van der Waals surface area (Å²) in [7, 11) is 0. The first-order valence-electron chi connectivity index (χ1n) is 5.58. The molecular weight excluding hydrogens is 272 g/mol. The van der Waals surface area contributed by atoms with Crippen LogP contribution in [-0.4, -0.2) is 11.5 Å². The summed E-state index contributed by atoms with van der Waals surface area (Å²) in [4.78, 5) is 5.72. The zero-order chi connectivity index (χ0) is 12.3. The molecule has 2 nitrogen and oxygen atoms in total. The number of thiophene rings is 1. The van der Waals surface area contributed by atoms with E-state index in [1.165, 1.54) is 4.88 Å². The molecule has 92 valence electrons. The van der Waals surface area contributed by atoms with Crippen molar-refractivity contribution in [3.63, 3.8) is 0 Å². The quantitative estimate of drug-likeness (QED) is 0.896. The van der Waals surface area contributed by atoms with Crippen molar-refractivity contribution in [1.82, 2.24) is 10.3 Å². The Labute approximate surface area is 115 Å². The van der Waals surface area contributed by atoms with Crippen molar-refractivity contribution < 1.29 is 0 Å². The van der Waals surface area contributed by atoms with Crippen LogP contribution < -0.4 is 5.32 Å². The van der Waals surface area contributed by atoms with E-state index in [2.05, 4.69) is 22.6 Å². The van der Waals surface area contributed by atoms with E-state index in [9.17, 15) is 0 Å². The van der Waals surface area contributed by atoms with Gasteiger partial charge in [-0.15, -0.1) is 22.7 Å². The van der Waals surface area contributed by atoms with Gasteiger partial charge in [0.15, 0.2) is 0 Å². The second-order valence-corrected chi connectivity index (χ2v) is 6.13. The number of halogens is 1. The predicted molar refractivity (Wildman–Crippen MR) is 76.3 cm³/mol. The van der Waals surface area contributed by atoms with Gasteiger partial charge >= 0.3 is 0 Å². The standard InChI is InChI=1S/C12H15ClN2S2/c1-3-14-10(12-9(13)4-5-16-12)6-11-15-8(2)7-17-11/h4-5,7,10,14H,3,6H2,1-2H3. The lowest BCUT2D eigenvalue weighted by atomic mass is 10.2. The molecule has 2 rings (SSSR count). The Morgan fingerprint density at radius 2 is 2.29 bits per heavy atom. The lowest BCUT2D eigenvalue weighted by Crippen LogP contribution is -2.22. The molecule has 1 N–H and O–H groups in total. The van der Waals surface area contributed by atoms with Crippen molar-refractivity contribution in [3.8, 4) is 0 Å². The predicted octanol–water partition coefficient (Wildman–Crippen LogP) is 4.06. The van der Waals surface area contributed by atoms with Gasteiger partial charge in [-0.05, 0) is 24.9 Å². The fourth-order valence-electron chi connectivity index (χ4n) is 1.73. The molecule has 1 atom stereocenters. The summed E-state index contributed by atoms with van der Waals surface area (Å²) in [6, 6.07) is 2.23. The van der Waals surface area contributed by atoms with Gasteiger partial charge in [-0.25, -0.2) is 4.98 Å². The lowest BCUT2D eigenvalue weighted by Gasteiger charge is -2.15. The van der Waals surface area contributed by atoms with E-state index < -0.39 is 0 Å². The Bertz CT molecular complexity index is 478. The van der Waals surface area contributed by atoms with Crippen molar-refractivity contribution in [1.29, 1.82) is 0 Å². The number of aryl methyl sites for hydroxylation is 1. The smallest absolute Gasteiger partial charge is 0.0947 e. The maximum absolute atomic E-state index is 6.20. The van der Waals surface area contributed by atoms with Gasteiger partial charge in [0.1, 0.15) is 0 Å². The molecule has 2 aromatic rings. The third-order valence-corrected chi connectivity index (χ3v) is 4.92. The molecule has 1 unspecified atom stereocenters. The molecule has 17 heavy (non-hydrogen) atoms. The zero-order valence-electron chi connectivity index (χ0n) is 9.87.